The zero-order valence-corrected chi connectivity index (χ0v) is 37.6. The van der Waals surface area contributed by atoms with E-state index in [1.807, 2.05) is 11.3 Å². The minimum Gasteiger partial charge on any atom is -0.454 e. The summed E-state index contributed by atoms with van der Waals surface area (Å²) in [5, 5.41) is 16.2. The fourth-order valence-electron chi connectivity index (χ4n) is 11.3. The van der Waals surface area contributed by atoms with Gasteiger partial charge in [0.15, 0.2) is 5.58 Å². The van der Waals surface area contributed by atoms with Crippen molar-refractivity contribution in [3.63, 3.8) is 0 Å². The molecule has 13 aromatic rings. The van der Waals surface area contributed by atoms with Crippen molar-refractivity contribution in [3.8, 4) is 16.8 Å². The van der Waals surface area contributed by atoms with Gasteiger partial charge in [-0.2, -0.15) is 0 Å². The van der Waals surface area contributed by atoms with Crippen LogP contribution in [0.25, 0.3) is 102 Å². The summed E-state index contributed by atoms with van der Waals surface area (Å²) < 4.78 is 12.2. The summed E-state index contributed by atoms with van der Waals surface area (Å²) >= 11 is 1.88. The average molecular weight is 878 g/mol. The third kappa shape index (κ3) is 6.01. The minimum atomic E-state index is -0.193. The molecule has 0 amide bonds. The van der Waals surface area contributed by atoms with Gasteiger partial charge in [0.1, 0.15) is 11.4 Å². The Kier molecular flexibility index (Phi) is 8.59. The normalized spacial score (nSPS) is 16.6. The Balaban J connectivity index is 1.05. The number of furan rings is 1. The summed E-state index contributed by atoms with van der Waals surface area (Å²) in [6.45, 7) is 2.33. The molecule has 10 aromatic carbocycles. The number of rotatable bonds is 6. The van der Waals surface area contributed by atoms with Gasteiger partial charge in [0.05, 0.1) is 28.8 Å². The SMILES string of the molecule is CCC1C(c2cc(-n3c4ccccc4c4cc5ccccc5cc43)c3oc4ccc5ccccc5c4c3c2)N=C(c2cccc(-c3ccccc3)c2)NC1c1ccc2c(c1)sc1ccccc12. The van der Waals surface area contributed by atoms with E-state index in [4.69, 9.17) is 9.41 Å². The van der Waals surface area contributed by atoms with Crippen molar-refractivity contribution in [2.45, 2.75) is 25.4 Å². The first-order valence-corrected chi connectivity index (χ1v) is 24.2. The Morgan fingerprint density at radius 3 is 2.09 bits per heavy atom. The monoisotopic (exact) mass is 877 g/mol. The van der Waals surface area contributed by atoms with E-state index in [0.717, 1.165) is 56.5 Å². The number of nitrogens with zero attached hydrogens (tertiary/aromatic N) is 2. The summed E-state index contributed by atoms with van der Waals surface area (Å²) in [6.07, 6.45) is 0.914. The molecule has 4 heterocycles. The fraction of sp³-hybridized carbons (Fsp3) is 0.0806. The van der Waals surface area contributed by atoms with Crippen molar-refractivity contribution < 1.29 is 4.42 Å². The highest BCUT2D eigenvalue weighted by molar-refractivity contribution is 7.25. The first kappa shape index (κ1) is 38.3. The van der Waals surface area contributed by atoms with Gasteiger partial charge in [-0.3, -0.25) is 4.99 Å². The van der Waals surface area contributed by atoms with Crippen molar-refractivity contribution in [1.82, 2.24) is 9.88 Å². The zero-order chi connectivity index (χ0) is 44.2. The smallest absolute Gasteiger partial charge is 0.159 e. The lowest BCUT2D eigenvalue weighted by Crippen LogP contribution is -2.41. The van der Waals surface area contributed by atoms with E-state index in [9.17, 15) is 0 Å². The molecule has 0 saturated carbocycles. The molecule has 14 rings (SSSR count). The zero-order valence-electron chi connectivity index (χ0n) is 36.8. The van der Waals surface area contributed by atoms with Gasteiger partial charge in [0.25, 0.3) is 0 Å². The number of hydrogen-bond acceptors (Lipinski definition) is 4. The number of nitrogens with one attached hydrogen (secondary N) is 1. The highest BCUT2D eigenvalue weighted by atomic mass is 32.1. The van der Waals surface area contributed by atoms with Crippen LogP contribution in [-0.4, -0.2) is 10.4 Å². The quantitative estimate of drug-likeness (QED) is 0.181. The number of fused-ring (bicyclic) bond motifs is 12. The largest absolute Gasteiger partial charge is 0.454 e. The number of aliphatic imine (C=N–C) groups is 1. The van der Waals surface area contributed by atoms with Crippen molar-refractivity contribution in [1.29, 1.82) is 0 Å². The van der Waals surface area contributed by atoms with Gasteiger partial charge in [-0.05, 0) is 105 Å². The van der Waals surface area contributed by atoms with Crippen LogP contribution in [0.3, 0.4) is 0 Å². The number of hydrogen-bond donors (Lipinski definition) is 1. The lowest BCUT2D eigenvalue weighted by molar-refractivity contribution is 0.311. The molecule has 4 nitrogen and oxygen atoms in total. The first-order chi connectivity index (χ1) is 33.1. The van der Waals surface area contributed by atoms with Crippen molar-refractivity contribution in [2.75, 3.05) is 0 Å². The van der Waals surface area contributed by atoms with E-state index < -0.39 is 0 Å². The third-order valence-corrected chi connectivity index (χ3v) is 15.6. The van der Waals surface area contributed by atoms with Gasteiger partial charge < -0.3 is 14.3 Å². The molecule has 67 heavy (non-hydrogen) atoms. The highest BCUT2D eigenvalue weighted by Gasteiger charge is 2.37. The van der Waals surface area contributed by atoms with Crippen LogP contribution in [0.15, 0.2) is 216 Å². The molecule has 0 radical (unpaired) electrons. The lowest BCUT2D eigenvalue weighted by Gasteiger charge is -2.38. The highest BCUT2D eigenvalue weighted by Crippen LogP contribution is 2.48. The van der Waals surface area contributed by atoms with Gasteiger partial charge in [0, 0.05) is 53.2 Å². The topological polar surface area (TPSA) is 42.5 Å². The lowest BCUT2D eigenvalue weighted by atomic mass is 9.80. The van der Waals surface area contributed by atoms with Crippen LogP contribution < -0.4 is 5.32 Å². The molecule has 0 aliphatic carbocycles. The predicted octanol–water partition coefficient (Wildman–Crippen LogP) is 16.9. The Labute approximate surface area is 391 Å². The Hall–Kier alpha value is -7.99. The van der Waals surface area contributed by atoms with E-state index in [2.05, 4.69) is 223 Å². The van der Waals surface area contributed by atoms with Crippen LogP contribution in [0.2, 0.25) is 0 Å². The number of aromatic nitrogens is 1. The van der Waals surface area contributed by atoms with Gasteiger partial charge in [-0.15, -0.1) is 11.3 Å². The standard InChI is InChI=1S/C62H43N3OS/c1-2-45-59(42-27-29-49-48-24-11-13-26-56(48)67-57(49)36-42)63-62(43-21-14-20-39(31-43)37-15-4-3-5-16-37)64-60(45)44-33-51-58-46-22-9-8-17-38(46)28-30-55(58)66-61(51)54(35-44)65-52-25-12-10-23-47(52)50-32-40-18-6-7-19-41(40)34-53(50)65/h3-36,45,59-60H,2H2,1H3,(H,63,64). The molecule has 0 saturated heterocycles. The Morgan fingerprint density at radius 1 is 0.507 bits per heavy atom. The van der Waals surface area contributed by atoms with E-state index >= 15 is 0 Å². The maximum Gasteiger partial charge on any atom is 0.159 e. The molecule has 0 fully saturated rings. The molecule has 5 heteroatoms. The van der Waals surface area contributed by atoms with Crippen LogP contribution >= 0.6 is 11.3 Å². The van der Waals surface area contributed by atoms with Crippen molar-refractivity contribution in [3.05, 3.63) is 223 Å². The minimum absolute atomic E-state index is 0.0156. The molecule has 318 valence electrons. The van der Waals surface area contributed by atoms with Crippen LogP contribution in [0.5, 0.6) is 0 Å². The van der Waals surface area contributed by atoms with Crippen LogP contribution in [0, 0.1) is 5.92 Å². The van der Waals surface area contributed by atoms with Crippen LogP contribution in [0.1, 0.15) is 42.1 Å². The van der Waals surface area contributed by atoms with Gasteiger partial charge in [-0.1, -0.05) is 159 Å². The molecule has 3 aromatic heterocycles. The maximum absolute atomic E-state index is 7.13. The number of para-hydroxylation sites is 1. The van der Waals surface area contributed by atoms with E-state index in [1.54, 1.807) is 0 Å². The van der Waals surface area contributed by atoms with Crippen LogP contribution in [0.4, 0.5) is 0 Å². The van der Waals surface area contributed by atoms with Gasteiger partial charge in [0.2, 0.25) is 0 Å². The Morgan fingerprint density at radius 2 is 1.22 bits per heavy atom. The number of amidine groups is 1. The molecule has 3 atom stereocenters. The second-order valence-electron chi connectivity index (χ2n) is 18.2. The first-order valence-electron chi connectivity index (χ1n) is 23.4. The Bertz CT molecular complexity index is 4160. The third-order valence-electron chi connectivity index (χ3n) is 14.5. The summed E-state index contributed by atoms with van der Waals surface area (Å²) in [5.74, 6) is 1.02. The summed E-state index contributed by atoms with van der Waals surface area (Å²) in [5.41, 5.74) is 10.9. The summed E-state index contributed by atoms with van der Waals surface area (Å²) in [4.78, 5) is 5.87. The van der Waals surface area contributed by atoms with Crippen molar-refractivity contribution >= 4 is 103 Å². The average Bonchev–Trinajstić information content (AvgIpc) is 4.07. The van der Waals surface area contributed by atoms with E-state index in [1.165, 1.54) is 74.7 Å². The van der Waals surface area contributed by atoms with Crippen LogP contribution in [-0.2, 0) is 0 Å². The molecule has 0 spiro atoms. The predicted molar refractivity (Wildman–Crippen MR) is 283 cm³/mol. The molecule has 3 unspecified atom stereocenters. The van der Waals surface area contributed by atoms with Crippen molar-refractivity contribution in [2.24, 2.45) is 10.9 Å². The number of thiophene rings is 1. The summed E-state index contributed by atoms with van der Waals surface area (Å²) in [6, 6.07) is 75.3. The fourth-order valence-corrected chi connectivity index (χ4v) is 12.4. The maximum atomic E-state index is 7.13. The summed E-state index contributed by atoms with van der Waals surface area (Å²) in [7, 11) is 0. The molecule has 1 N–H and O–H groups in total. The second-order valence-corrected chi connectivity index (χ2v) is 19.2. The molecule has 1 aliphatic rings. The molecular weight excluding hydrogens is 835 g/mol. The molecule has 1 aliphatic heterocycles. The van der Waals surface area contributed by atoms with Gasteiger partial charge >= 0.3 is 0 Å². The number of benzene rings is 10. The van der Waals surface area contributed by atoms with Gasteiger partial charge in [-0.25, -0.2) is 0 Å². The second kappa shape index (κ2) is 15.0. The van der Waals surface area contributed by atoms with E-state index in [0.29, 0.717) is 0 Å². The molecular formula is C62H43N3OS. The molecule has 0 bridgehead atoms. The van der Waals surface area contributed by atoms with E-state index in [-0.39, 0.29) is 18.0 Å².